The highest BCUT2D eigenvalue weighted by Crippen LogP contribution is 2.14. The molecule has 0 radical (unpaired) electrons. The average molecular weight is 262 g/mol. The molecule has 1 aliphatic rings. The smallest absolute Gasteiger partial charge is 0.239 e. The third-order valence-electron chi connectivity index (χ3n) is 2.99. The van der Waals surface area contributed by atoms with Gasteiger partial charge in [0, 0.05) is 6.54 Å². The molecule has 6 heteroatoms. The lowest BCUT2D eigenvalue weighted by Gasteiger charge is -2.28. The van der Waals surface area contributed by atoms with E-state index in [1.165, 1.54) is 0 Å². The molecule has 0 aromatic heterocycles. The number of hydrogen-bond acceptors (Lipinski definition) is 3. The van der Waals surface area contributed by atoms with Crippen LogP contribution in [0.3, 0.4) is 0 Å². The molecule has 0 aromatic carbocycles. The normalized spacial score (nSPS) is 17.8. The Morgan fingerprint density at radius 3 is 2.47 bits per heavy atom. The van der Waals surface area contributed by atoms with Crippen LogP contribution in [0, 0.1) is 5.92 Å². The van der Waals surface area contributed by atoms with Gasteiger partial charge in [-0.3, -0.25) is 9.59 Å². The molecule has 5 nitrogen and oxygen atoms in total. The maximum absolute atomic E-state index is 11.4. The summed E-state index contributed by atoms with van der Waals surface area (Å²) < 4.78 is 0. The second-order valence-electron chi connectivity index (χ2n) is 4.46. The van der Waals surface area contributed by atoms with Gasteiger partial charge in [-0.25, -0.2) is 0 Å². The van der Waals surface area contributed by atoms with Gasteiger partial charge in [-0.1, -0.05) is 0 Å². The van der Waals surface area contributed by atoms with Crippen molar-refractivity contribution in [3.63, 3.8) is 0 Å². The number of alkyl halides is 1. The van der Waals surface area contributed by atoms with Crippen molar-refractivity contribution in [1.29, 1.82) is 0 Å². The number of nitrogens with zero attached hydrogens (tertiary/aromatic N) is 1. The first kappa shape index (κ1) is 14.3. The van der Waals surface area contributed by atoms with Crippen LogP contribution in [0.1, 0.15) is 12.8 Å². The molecule has 0 aliphatic carbocycles. The van der Waals surface area contributed by atoms with E-state index in [2.05, 4.69) is 22.6 Å². The van der Waals surface area contributed by atoms with E-state index in [9.17, 15) is 9.59 Å². The number of amides is 2. The van der Waals surface area contributed by atoms with Gasteiger partial charge in [-0.15, -0.1) is 11.6 Å². The highest BCUT2D eigenvalue weighted by Gasteiger charge is 2.17. The van der Waals surface area contributed by atoms with E-state index in [1.807, 2.05) is 0 Å². The standard InChI is InChI=1S/C11H20ClN3O2/c1-15-4-2-9(3-5-15)7-13-11(17)8-14-10(16)6-12/h9H,2-8H2,1H3,(H,13,17)(H,14,16). The second-order valence-corrected chi connectivity index (χ2v) is 4.73. The van der Waals surface area contributed by atoms with E-state index in [0.29, 0.717) is 12.5 Å². The molecular formula is C11H20ClN3O2. The first-order valence-electron chi connectivity index (χ1n) is 5.89. The van der Waals surface area contributed by atoms with Crippen LogP contribution in [0.2, 0.25) is 0 Å². The van der Waals surface area contributed by atoms with Gasteiger partial charge in [-0.2, -0.15) is 0 Å². The predicted octanol–water partition coefficient (Wildman–Crippen LogP) is -0.201. The van der Waals surface area contributed by atoms with Crippen LogP contribution in [-0.2, 0) is 9.59 Å². The number of likely N-dealkylation sites (tertiary alicyclic amines) is 1. The molecule has 1 heterocycles. The maximum Gasteiger partial charge on any atom is 0.239 e. The fourth-order valence-electron chi connectivity index (χ4n) is 1.81. The van der Waals surface area contributed by atoms with Crippen LogP contribution in [0.25, 0.3) is 0 Å². The third-order valence-corrected chi connectivity index (χ3v) is 3.24. The number of nitrogens with one attached hydrogen (secondary N) is 2. The predicted molar refractivity (Wildman–Crippen MR) is 67.0 cm³/mol. The number of piperidine rings is 1. The lowest BCUT2D eigenvalue weighted by atomic mass is 9.97. The quantitative estimate of drug-likeness (QED) is 0.674. The SMILES string of the molecule is CN1CCC(CNC(=O)CNC(=O)CCl)CC1. The summed E-state index contributed by atoms with van der Waals surface area (Å²) in [6.45, 7) is 2.88. The molecule has 1 fully saturated rings. The van der Waals surface area contributed by atoms with E-state index in [1.54, 1.807) is 0 Å². The van der Waals surface area contributed by atoms with E-state index in [4.69, 9.17) is 11.6 Å². The number of carbonyl (C=O) groups excluding carboxylic acids is 2. The molecular weight excluding hydrogens is 242 g/mol. The third kappa shape index (κ3) is 5.89. The summed E-state index contributed by atoms with van der Waals surface area (Å²) in [5.41, 5.74) is 0. The van der Waals surface area contributed by atoms with Gasteiger partial charge in [0.25, 0.3) is 0 Å². The first-order valence-corrected chi connectivity index (χ1v) is 6.43. The van der Waals surface area contributed by atoms with Gasteiger partial charge in [0.1, 0.15) is 5.88 Å². The van der Waals surface area contributed by atoms with Crippen LogP contribution in [0.4, 0.5) is 0 Å². The van der Waals surface area contributed by atoms with Crippen molar-refractivity contribution < 1.29 is 9.59 Å². The largest absolute Gasteiger partial charge is 0.354 e. The fourth-order valence-corrected chi connectivity index (χ4v) is 1.91. The average Bonchev–Trinajstić information content (AvgIpc) is 2.35. The van der Waals surface area contributed by atoms with E-state index < -0.39 is 0 Å². The van der Waals surface area contributed by atoms with Crippen molar-refractivity contribution in [2.45, 2.75) is 12.8 Å². The van der Waals surface area contributed by atoms with Gasteiger partial charge in [0.15, 0.2) is 0 Å². The Balaban J connectivity index is 2.09. The lowest BCUT2D eigenvalue weighted by molar-refractivity contribution is -0.125. The van der Waals surface area contributed by atoms with E-state index in [-0.39, 0.29) is 24.2 Å². The first-order chi connectivity index (χ1) is 8.11. The number of rotatable bonds is 5. The molecule has 2 amide bonds. The fraction of sp³-hybridized carbons (Fsp3) is 0.818. The minimum absolute atomic E-state index is 0.0121. The van der Waals surface area contributed by atoms with Crippen molar-refractivity contribution in [2.75, 3.05) is 39.1 Å². The summed E-state index contributed by atoms with van der Waals surface area (Å²) in [5, 5.41) is 5.27. The number of carbonyl (C=O) groups is 2. The molecule has 0 saturated carbocycles. The molecule has 0 spiro atoms. The van der Waals surface area contributed by atoms with Crippen LogP contribution < -0.4 is 10.6 Å². The zero-order valence-electron chi connectivity index (χ0n) is 10.2. The Labute approximate surface area is 107 Å². The summed E-state index contributed by atoms with van der Waals surface area (Å²) in [5.74, 6) is -0.0234. The Bertz CT molecular complexity index is 265. The highest BCUT2D eigenvalue weighted by molar-refractivity contribution is 6.27. The molecule has 17 heavy (non-hydrogen) atoms. The summed E-state index contributed by atoms with van der Waals surface area (Å²) in [6.07, 6.45) is 2.23. The molecule has 1 saturated heterocycles. The topological polar surface area (TPSA) is 61.4 Å². The summed E-state index contributed by atoms with van der Waals surface area (Å²) in [7, 11) is 2.11. The Morgan fingerprint density at radius 1 is 1.24 bits per heavy atom. The van der Waals surface area contributed by atoms with Gasteiger partial charge >= 0.3 is 0 Å². The second kappa shape index (κ2) is 7.50. The van der Waals surface area contributed by atoms with Gasteiger partial charge in [0.05, 0.1) is 6.54 Å². The van der Waals surface area contributed by atoms with Crippen molar-refractivity contribution in [3.05, 3.63) is 0 Å². The number of hydrogen-bond donors (Lipinski definition) is 2. The maximum atomic E-state index is 11.4. The van der Waals surface area contributed by atoms with Crippen LogP contribution in [-0.4, -0.2) is 55.8 Å². The zero-order valence-corrected chi connectivity index (χ0v) is 10.9. The number of halogens is 1. The molecule has 1 aliphatic heterocycles. The molecule has 1 rings (SSSR count). The van der Waals surface area contributed by atoms with Crippen molar-refractivity contribution in [3.8, 4) is 0 Å². The van der Waals surface area contributed by atoms with Crippen LogP contribution in [0.15, 0.2) is 0 Å². The molecule has 98 valence electrons. The van der Waals surface area contributed by atoms with Crippen molar-refractivity contribution >= 4 is 23.4 Å². The van der Waals surface area contributed by atoms with Crippen molar-refractivity contribution in [2.24, 2.45) is 5.92 Å². The summed E-state index contributed by atoms with van der Waals surface area (Å²) >= 11 is 5.30. The van der Waals surface area contributed by atoms with Crippen LogP contribution >= 0.6 is 11.6 Å². The van der Waals surface area contributed by atoms with Crippen LogP contribution in [0.5, 0.6) is 0 Å². The molecule has 0 aromatic rings. The summed E-state index contributed by atoms with van der Waals surface area (Å²) in [6, 6.07) is 0. The van der Waals surface area contributed by atoms with Gasteiger partial charge in [0.2, 0.25) is 11.8 Å². The Hall–Kier alpha value is -0.810. The minimum atomic E-state index is -0.318. The molecule has 0 unspecified atom stereocenters. The molecule has 2 N–H and O–H groups in total. The zero-order chi connectivity index (χ0) is 12.7. The Kier molecular flexibility index (Phi) is 6.29. The lowest BCUT2D eigenvalue weighted by Crippen LogP contribution is -2.41. The Morgan fingerprint density at radius 2 is 1.88 bits per heavy atom. The van der Waals surface area contributed by atoms with Crippen molar-refractivity contribution in [1.82, 2.24) is 15.5 Å². The molecule has 0 atom stereocenters. The minimum Gasteiger partial charge on any atom is -0.354 e. The van der Waals surface area contributed by atoms with Gasteiger partial charge in [-0.05, 0) is 38.9 Å². The molecule has 0 bridgehead atoms. The monoisotopic (exact) mass is 261 g/mol. The summed E-state index contributed by atoms with van der Waals surface area (Å²) in [4.78, 5) is 24.5. The highest BCUT2D eigenvalue weighted by atomic mass is 35.5. The van der Waals surface area contributed by atoms with E-state index in [0.717, 1.165) is 25.9 Å². The van der Waals surface area contributed by atoms with E-state index >= 15 is 0 Å². The van der Waals surface area contributed by atoms with Gasteiger partial charge < -0.3 is 15.5 Å².